The Bertz CT molecular complexity index is 809. The van der Waals surface area contributed by atoms with Crippen LogP contribution in [0.1, 0.15) is 11.1 Å². The number of carbonyl (C=O) groups excluding carboxylic acids is 1. The van der Waals surface area contributed by atoms with Crippen LogP contribution in [0.25, 0.3) is 0 Å². The molecule has 2 aromatic rings. The van der Waals surface area contributed by atoms with Gasteiger partial charge in [0.05, 0.1) is 21.1 Å². The van der Waals surface area contributed by atoms with Crippen LogP contribution in [0.3, 0.4) is 0 Å². The monoisotopic (exact) mass is 370 g/mol. The summed E-state index contributed by atoms with van der Waals surface area (Å²) in [6.45, 7) is 1.86. The van der Waals surface area contributed by atoms with E-state index < -0.39 is 28.3 Å². The lowest BCUT2D eigenvalue weighted by molar-refractivity contribution is -0.388. The topological polar surface area (TPSA) is 72.2 Å². The van der Waals surface area contributed by atoms with Gasteiger partial charge in [0.1, 0.15) is 0 Å². The molecule has 25 heavy (non-hydrogen) atoms. The normalized spacial score (nSPS) is 11.2. The molecule has 0 saturated heterocycles. The summed E-state index contributed by atoms with van der Waals surface area (Å²) < 4.78 is 38.0. The molecule has 0 aliphatic heterocycles. The van der Waals surface area contributed by atoms with Gasteiger partial charge in [0, 0.05) is 11.8 Å². The molecular formula is C16H13F3N2O3S. The van der Waals surface area contributed by atoms with Crippen molar-refractivity contribution in [3.8, 4) is 0 Å². The first-order valence-electron chi connectivity index (χ1n) is 7.02. The van der Waals surface area contributed by atoms with Crippen LogP contribution >= 0.6 is 11.8 Å². The SMILES string of the molecule is Cc1cccc(NC(=O)CSc2ccc(C(F)(F)F)cc2[N+](=O)[O-])c1. The van der Waals surface area contributed by atoms with Gasteiger partial charge in [-0.3, -0.25) is 14.9 Å². The third-order valence-electron chi connectivity index (χ3n) is 3.14. The van der Waals surface area contributed by atoms with E-state index in [4.69, 9.17) is 0 Å². The highest BCUT2D eigenvalue weighted by atomic mass is 32.2. The Hall–Kier alpha value is -2.55. The van der Waals surface area contributed by atoms with Gasteiger partial charge in [-0.25, -0.2) is 0 Å². The smallest absolute Gasteiger partial charge is 0.325 e. The van der Waals surface area contributed by atoms with Crippen LogP contribution in [0.5, 0.6) is 0 Å². The fourth-order valence-electron chi connectivity index (χ4n) is 2.02. The Morgan fingerprint density at radius 3 is 2.56 bits per heavy atom. The van der Waals surface area contributed by atoms with Gasteiger partial charge in [-0.05, 0) is 36.8 Å². The van der Waals surface area contributed by atoms with E-state index in [-0.39, 0.29) is 10.6 Å². The van der Waals surface area contributed by atoms with Gasteiger partial charge in [0.2, 0.25) is 5.91 Å². The zero-order chi connectivity index (χ0) is 18.6. The number of anilines is 1. The minimum Gasteiger partial charge on any atom is -0.325 e. The number of rotatable bonds is 5. The second-order valence-corrected chi connectivity index (χ2v) is 6.16. The van der Waals surface area contributed by atoms with E-state index in [1.807, 2.05) is 13.0 Å². The summed E-state index contributed by atoms with van der Waals surface area (Å²) in [5, 5.41) is 13.6. The second-order valence-electron chi connectivity index (χ2n) is 5.14. The number of thioether (sulfide) groups is 1. The molecule has 2 aromatic carbocycles. The average molecular weight is 370 g/mol. The Balaban J connectivity index is 2.09. The van der Waals surface area contributed by atoms with Crippen LogP contribution in [0.4, 0.5) is 24.5 Å². The van der Waals surface area contributed by atoms with Crippen LogP contribution < -0.4 is 5.32 Å². The number of benzene rings is 2. The number of carbonyl (C=O) groups is 1. The highest BCUT2D eigenvalue weighted by molar-refractivity contribution is 8.00. The minimum atomic E-state index is -4.67. The quantitative estimate of drug-likeness (QED) is 0.472. The van der Waals surface area contributed by atoms with E-state index in [0.29, 0.717) is 11.8 Å². The zero-order valence-electron chi connectivity index (χ0n) is 13.0. The van der Waals surface area contributed by atoms with Gasteiger partial charge in [-0.2, -0.15) is 13.2 Å². The van der Waals surface area contributed by atoms with Crippen molar-refractivity contribution in [3.63, 3.8) is 0 Å². The third kappa shape index (κ3) is 5.21. The molecule has 0 aliphatic carbocycles. The first kappa shape index (κ1) is 18.8. The molecule has 0 aromatic heterocycles. The number of hydrogen-bond acceptors (Lipinski definition) is 4. The van der Waals surface area contributed by atoms with Crippen LogP contribution in [-0.2, 0) is 11.0 Å². The second kappa shape index (κ2) is 7.56. The maximum Gasteiger partial charge on any atom is 0.416 e. The Kier molecular flexibility index (Phi) is 5.68. The first-order chi connectivity index (χ1) is 11.7. The summed E-state index contributed by atoms with van der Waals surface area (Å²) in [5.74, 6) is -0.579. The minimum absolute atomic E-state index is 0.00241. The molecule has 0 atom stereocenters. The molecule has 0 bridgehead atoms. The third-order valence-corrected chi connectivity index (χ3v) is 4.21. The Labute approximate surface area is 145 Å². The number of nitro benzene ring substituents is 1. The van der Waals surface area contributed by atoms with Gasteiger partial charge < -0.3 is 5.32 Å². The molecule has 1 N–H and O–H groups in total. The summed E-state index contributed by atoms with van der Waals surface area (Å²) in [5.41, 5.74) is -0.257. The van der Waals surface area contributed by atoms with Crippen molar-refractivity contribution < 1.29 is 22.9 Å². The predicted molar refractivity (Wildman–Crippen MR) is 88.6 cm³/mol. The highest BCUT2D eigenvalue weighted by Gasteiger charge is 2.33. The Morgan fingerprint density at radius 1 is 1.24 bits per heavy atom. The van der Waals surface area contributed by atoms with Crippen molar-refractivity contribution in [2.45, 2.75) is 18.0 Å². The lowest BCUT2D eigenvalue weighted by Gasteiger charge is -2.09. The molecule has 0 fully saturated rings. The van der Waals surface area contributed by atoms with Gasteiger partial charge in [0.25, 0.3) is 5.69 Å². The van der Waals surface area contributed by atoms with E-state index in [2.05, 4.69) is 5.32 Å². The maximum atomic E-state index is 12.7. The van der Waals surface area contributed by atoms with Crippen LogP contribution in [0, 0.1) is 17.0 Å². The van der Waals surface area contributed by atoms with Crippen LogP contribution in [0.15, 0.2) is 47.4 Å². The lowest BCUT2D eigenvalue weighted by Crippen LogP contribution is -2.14. The largest absolute Gasteiger partial charge is 0.416 e. The Morgan fingerprint density at radius 2 is 1.96 bits per heavy atom. The number of alkyl halides is 3. The molecule has 0 aliphatic rings. The molecule has 9 heteroatoms. The first-order valence-corrected chi connectivity index (χ1v) is 8.00. The zero-order valence-corrected chi connectivity index (χ0v) is 13.8. The number of nitro groups is 1. The highest BCUT2D eigenvalue weighted by Crippen LogP contribution is 2.36. The molecule has 132 valence electrons. The van der Waals surface area contributed by atoms with Crippen molar-refractivity contribution in [1.82, 2.24) is 0 Å². The molecule has 2 rings (SSSR count). The van der Waals surface area contributed by atoms with E-state index in [1.54, 1.807) is 18.2 Å². The average Bonchev–Trinajstić information content (AvgIpc) is 2.51. The molecular weight excluding hydrogens is 357 g/mol. The maximum absolute atomic E-state index is 12.7. The fraction of sp³-hybridized carbons (Fsp3) is 0.188. The summed E-state index contributed by atoms with van der Waals surface area (Å²) in [7, 11) is 0. The molecule has 0 spiro atoms. The van der Waals surface area contributed by atoms with E-state index >= 15 is 0 Å². The standard InChI is InChI=1S/C16H13F3N2O3S/c1-10-3-2-4-12(7-10)20-15(22)9-25-14-6-5-11(16(17,18)19)8-13(14)21(23)24/h2-8H,9H2,1H3,(H,20,22). The van der Waals surface area contributed by atoms with Gasteiger partial charge in [-0.1, -0.05) is 12.1 Å². The number of nitrogens with one attached hydrogen (secondary N) is 1. The summed E-state index contributed by atoms with van der Waals surface area (Å²) in [6, 6.07) is 9.30. The van der Waals surface area contributed by atoms with Crippen molar-refractivity contribution >= 4 is 29.0 Å². The number of aryl methyl sites for hydroxylation is 1. The van der Waals surface area contributed by atoms with Crippen molar-refractivity contribution in [1.29, 1.82) is 0 Å². The molecule has 5 nitrogen and oxygen atoms in total. The van der Waals surface area contributed by atoms with Crippen molar-refractivity contribution in [2.75, 3.05) is 11.1 Å². The van der Waals surface area contributed by atoms with Crippen molar-refractivity contribution in [3.05, 3.63) is 63.7 Å². The summed E-state index contributed by atoms with van der Waals surface area (Å²) in [4.78, 5) is 22.0. The van der Waals surface area contributed by atoms with E-state index in [0.717, 1.165) is 29.5 Å². The molecule has 0 heterocycles. The number of halogens is 3. The van der Waals surface area contributed by atoms with Gasteiger partial charge in [-0.15, -0.1) is 11.8 Å². The summed E-state index contributed by atoms with van der Waals surface area (Å²) >= 11 is 0.805. The molecule has 0 radical (unpaired) electrons. The summed E-state index contributed by atoms with van der Waals surface area (Å²) in [6.07, 6.45) is -4.67. The van der Waals surface area contributed by atoms with Crippen LogP contribution in [0.2, 0.25) is 0 Å². The van der Waals surface area contributed by atoms with Gasteiger partial charge in [0.15, 0.2) is 0 Å². The molecule has 0 unspecified atom stereocenters. The molecule has 0 saturated carbocycles. The number of amides is 1. The van der Waals surface area contributed by atoms with E-state index in [9.17, 15) is 28.1 Å². The van der Waals surface area contributed by atoms with Crippen molar-refractivity contribution in [2.24, 2.45) is 0 Å². The van der Waals surface area contributed by atoms with Gasteiger partial charge >= 0.3 is 6.18 Å². The fourth-order valence-corrected chi connectivity index (χ4v) is 2.83. The lowest BCUT2D eigenvalue weighted by atomic mass is 10.2. The number of nitrogens with zero attached hydrogens (tertiary/aromatic N) is 1. The van der Waals surface area contributed by atoms with E-state index in [1.165, 1.54) is 0 Å². The predicted octanol–water partition coefficient (Wildman–Crippen LogP) is 4.65. The van der Waals surface area contributed by atoms with Crippen LogP contribution in [-0.4, -0.2) is 16.6 Å². The number of hydrogen-bond donors (Lipinski definition) is 1. The molecule has 1 amide bonds.